The fraction of sp³-hybridized carbons (Fsp3) is 0.308. The standard InChI is InChI=1S/C13H16FN3O/c1-10(12-8-11(14)2-3-13(12)18)16-5-7-17-6-4-15-9-17/h2-4,6,8-10,16,18H,5,7H2,1H3. The van der Waals surface area contributed by atoms with Crippen LogP contribution in [-0.4, -0.2) is 21.2 Å². The summed E-state index contributed by atoms with van der Waals surface area (Å²) < 4.78 is 15.1. The molecule has 18 heavy (non-hydrogen) atoms. The van der Waals surface area contributed by atoms with Crippen LogP contribution in [0.25, 0.3) is 0 Å². The highest BCUT2D eigenvalue weighted by Crippen LogP contribution is 2.24. The molecule has 2 N–H and O–H groups in total. The molecule has 4 nitrogen and oxygen atoms in total. The molecule has 2 rings (SSSR count). The second kappa shape index (κ2) is 5.64. The summed E-state index contributed by atoms with van der Waals surface area (Å²) in [5.41, 5.74) is 0.570. The molecule has 0 saturated heterocycles. The van der Waals surface area contributed by atoms with Crippen LogP contribution in [0.1, 0.15) is 18.5 Å². The molecule has 0 aliphatic carbocycles. The highest BCUT2D eigenvalue weighted by Gasteiger charge is 2.10. The minimum atomic E-state index is -0.342. The normalized spacial score (nSPS) is 12.6. The average Bonchev–Trinajstić information content (AvgIpc) is 2.85. The van der Waals surface area contributed by atoms with Gasteiger partial charge in [0.05, 0.1) is 6.33 Å². The Balaban J connectivity index is 1.91. The molecule has 1 unspecified atom stereocenters. The van der Waals surface area contributed by atoms with Gasteiger partial charge in [-0.1, -0.05) is 0 Å². The van der Waals surface area contributed by atoms with Crippen molar-refractivity contribution >= 4 is 0 Å². The number of hydrogen-bond donors (Lipinski definition) is 2. The predicted octanol–water partition coefficient (Wildman–Crippen LogP) is 2.08. The molecule has 5 heteroatoms. The maximum absolute atomic E-state index is 13.1. The third-order valence-corrected chi connectivity index (χ3v) is 2.84. The van der Waals surface area contributed by atoms with E-state index in [1.165, 1.54) is 18.2 Å². The van der Waals surface area contributed by atoms with Crippen LogP contribution in [-0.2, 0) is 6.54 Å². The van der Waals surface area contributed by atoms with Gasteiger partial charge in [-0.15, -0.1) is 0 Å². The Morgan fingerprint density at radius 3 is 3.06 bits per heavy atom. The maximum Gasteiger partial charge on any atom is 0.123 e. The van der Waals surface area contributed by atoms with E-state index in [0.29, 0.717) is 12.1 Å². The monoisotopic (exact) mass is 249 g/mol. The van der Waals surface area contributed by atoms with E-state index >= 15 is 0 Å². The number of nitrogens with zero attached hydrogens (tertiary/aromatic N) is 2. The first-order valence-corrected chi connectivity index (χ1v) is 5.84. The molecule has 0 fully saturated rings. The lowest BCUT2D eigenvalue weighted by atomic mass is 10.1. The predicted molar refractivity (Wildman–Crippen MR) is 66.7 cm³/mol. The van der Waals surface area contributed by atoms with Crippen LogP contribution in [0, 0.1) is 5.82 Å². The number of halogens is 1. The highest BCUT2D eigenvalue weighted by molar-refractivity contribution is 5.34. The molecule has 0 aliphatic rings. The second-order valence-corrected chi connectivity index (χ2v) is 4.18. The van der Waals surface area contributed by atoms with E-state index in [1.807, 2.05) is 17.7 Å². The summed E-state index contributed by atoms with van der Waals surface area (Å²) in [6.45, 7) is 3.39. The van der Waals surface area contributed by atoms with Crippen LogP contribution < -0.4 is 5.32 Å². The van der Waals surface area contributed by atoms with E-state index in [4.69, 9.17) is 0 Å². The average molecular weight is 249 g/mol. The fourth-order valence-electron chi connectivity index (χ4n) is 1.81. The van der Waals surface area contributed by atoms with Gasteiger partial charge in [-0.05, 0) is 25.1 Å². The summed E-state index contributed by atoms with van der Waals surface area (Å²) in [5, 5.41) is 12.9. The Kier molecular flexibility index (Phi) is 3.94. The summed E-state index contributed by atoms with van der Waals surface area (Å²) in [7, 11) is 0. The van der Waals surface area contributed by atoms with Gasteiger partial charge in [0, 0.05) is 37.1 Å². The minimum absolute atomic E-state index is 0.107. The number of nitrogens with one attached hydrogen (secondary N) is 1. The Morgan fingerprint density at radius 1 is 1.50 bits per heavy atom. The van der Waals surface area contributed by atoms with Crippen molar-refractivity contribution in [1.82, 2.24) is 14.9 Å². The molecule has 1 atom stereocenters. The summed E-state index contributed by atoms with van der Waals surface area (Å²) in [6.07, 6.45) is 5.35. The number of benzene rings is 1. The quantitative estimate of drug-likeness (QED) is 0.853. The molecule has 0 radical (unpaired) electrons. The van der Waals surface area contributed by atoms with Crippen LogP contribution in [0.5, 0.6) is 5.75 Å². The molecule has 0 saturated carbocycles. The minimum Gasteiger partial charge on any atom is -0.508 e. The van der Waals surface area contributed by atoms with Crippen LogP contribution >= 0.6 is 0 Å². The molecule has 2 aromatic rings. The van der Waals surface area contributed by atoms with Crippen molar-refractivity contribution in [3.8, 4) is 5.75 Å². The van der Waals surface area contributed by atoms with Gasteiger partial charge in [0.2, 0.25) is 0 Å². The molecular formula is C13H16FN3O. The Bertz CT molecular complexity index is 499. The Labute approximate surface area is 105 Å². The van der Waals surface area contributed by atoms with E-state index < -0.39 is 0 Å². The van der Waals surface area contributed by atoms with Gasteiger partial charge < -0.3 is 15.0 Å². The summed E-state index contributed by atoms with van der Waals surface area (Å²) in [6, 6.07) is 3.86. The number of phenolic OH excluding ortho intramolecular Hbond substituents is 1. The van der Waals surface area contributed by atoms with Gasteiger partial charge in [-0.2, -0.15) is 0 Å². The molecule has 0 spiro atoms. The number of phenols is 1. The molecule has 1 aromatic carbocycles. The van der Waals surface area contributed by atoms with Gasteiger partial charge in [0.15, 0.2) is 0 Å². The smallest absolute Gasteiger partial charge is 0.123 e. The summed E-state index contributed by atoms with van der Waals surface area (Å²) in [5.74, 6) is -0.231. The molecular weight excluding hydrogens is 233 g/mol. The van der Waals surface area contributed by atoms with Crippen LogP contribution in [0.3, 0.4) is 0 Å². The van der Waals surface area contributed by atoms with Gasteiger partial charge in [0.25, 0.3) is 0 Å². The van der Waals surface area contributed by atoms with Crippen molar-refractivity contribution in [1.29, 1.82) is 0 Å². The van der Waals surface area contributed by atoms with Gasteiger partial charge in [0.1, 0.15) is 11.6 Å². The zero-order valence-electron chi connectivity index (χ0n) is 10.2. The lowest BCUT2D eigenvalue weighted by molar-refractivity contribution is 0.446. The molecule has 96 valence electrons. The van der Waals surface area contributed by atoms with Crippen molar-refractivity contribution in [3.05, 3.63) is 48.3 Å². The maximum atomic E-state index is 13.1. The Hall–Kier alpha value is -1.88. The van der Waals surface area contributed by atoms with Crippen molar-refractivity contribution in [2.75, 3.05) is 6.54 Å². The van der Waals surface area contributed by atoms with E-state index in [0.717, 1.165) is 6.54 Å². The second-order valence-electron chi connectivity index (χ2n) is 4.18. The largest absolute Gasteiger partial charge is 0.508 e. The van der Waals surface area contributed by atoms with Gasteiger partial charge in [-0.3, -0.25) is 0 Å². The number of rotatable bonds is 5. The van der Waals surface area contributed by atoms with Crippen molar-refractivity contribution < 1.29 is 9.50 Å². The summed E-state index contributed by atoms with van der Waals surface area (Å²) >= 11 is 0. The Morgan fingerprint density at radius 2 is 2.33 bits per heavy atom. The first-order valence-electron chi connectivity index (χ1n) is 5.84. The number of hydrogen-bond acceptors (Lipinski definition) is 3. The van der Waals surface area contributed by atoms with Gasteiger partial charge in [-0.25, -0.2) is 9.37 Å². The van der Waals surface area contributed by atoms with E-state index in [1.54, 1.807) is 12.5 Å². The van der Waals surface area contributed by atoms with Crippen molar-refractivity contribution in [3.63, 3.8) is 0 Å². The first-order chi connectivity index (χ1) is 8.66. The van der Waals surface area contributed by atoms with Crippen molar-refractivity contribution in [2.24, 2.45) is 0 Å². The van der Waals surface area contributed by atoms with Gasteiger partial charge >= 0.3 is 0 Å². The SMILES string of the molecule is CC(NCCn1ccnc1)c1cc(F)ccc1O. The topological polar surface area (TPSA) is 50.1 Å². The van der Waals surface area contributed by atoms with Crippen LogP contribution in [0.15, 0.2) is 36.9 Å². The van der Waals surface area contributed by atoms with Crippen molar-refractivity contribution in [2.45, 2.75) is 19.5 Å². The fourth-order valence-corrected chi connectivity index (χ4v) is 1.81. The molecule has 1 heterocycles. The molecule has 1 aromatic heterocycles. The van der Waals surface area contributed by atoms with Crippen LogP contribution in [0.2, 0.25) is 0 Å². The molecule has 0 amide bonds. The highest BCUT2D eigenvalue weighted by atomic mass is 19.1. The number of aromatic hydroxyl groups is 1. The van der Waals surface area contributed by atoms with E-state index in [2.05, 4.69) is 10.3 Å². The zero-order chi connectivity index (χ0) is 13.0. The number of imidazole rings is 1. The summed E-state index contributed by atoms with van der Waals surface area (Å²) in [4.78, 5) is 3.95. The van der Waals surface area contributed by atoms with E-state index in [-0.39, 0.29) is 17.6 Å². The third kappa shape index (κ3) is 3.07. The lowest BCUT2D eigenvalue weighted by Crippen LogP contribution is -2.23. The van der Waals surface area contributed by atoms with Crippen LogP contribution in [0.4, 0.5) is 4.39 Å². The van der Waals surface area contributed by atoms with E-state index in [9.17, 15) is 9.50 Å². The number of aromatic nitrogens is 2. The molecule has 0 bridgehead atoms. The first kappa shape index (κ1) is 12.6. The zero-order valence-corrected chi connectivity index (χ0v) is 10.2. The molecule has 0 aliphatic heterocycles. The lowest BCUT2D eigenvalue weighted by Gasteiger charge is -2.15. The third-order valence-electron chi connectivity index (χ3n) is 2.84.